The van der Waals surface area contributed by atoms with Crippen molar-refractivity contribution in [3.8, 4) is 0 Å². The fraction of sp³-hybridized carbons (Fsp3) is 0.846. The van der Waals surface area contributed by atoms with Crippen molar-refractivity contribution in [3.05, 3.63) is 11.1 Å². The molecule has 1 atom stereocenters. The van der Waals surface area contributed by atoms with Crippen molar-refractivity contribution in [1.29, 1.82) is 0 Å². The summed E-state index contributed by atoms with van der Waals surface area (Å²) in [5.74, 6) is 2.46. The zero-order valence-corrected chi connectivity index (χ0v) is 9.85. The summed E-state index contributed by atoms with van der Waals surface area (Å²) in [5.41, 5.74) is 3.45. The molecule has 0 amide bonds. The number of hydrogen-bond donors (Lipinski definition) is 0. The van der Waals surface area contributed by atoms with E-state index >= 15 is 0 Å². The summed E-state index contributed by atoms with van der Waals surface area (Å²) in [4.78, 5) is 0. The molecule has 1 aliphatic carbocycles. The lowest BCUT2D eigenvalue weighted by molar-refractivity contribution is 0.373. The van der Waals surface area contributed by atoms with Crippen LogP contribution in [0, 0.1) is 17.8 Å². The van der Waals surface area contributed by atoms with Gasteiger partial charge in [0.05, 0.1) is 0 Å². The molecule has 0 saturated carbocycles. The summed E-state index contributed by atoms with van der Waals surface area (Å²) in [6.45, 7) is 11.7. The summed E-state index contributed by atoms with van der Waals surface area (Å²) in [5, 5.41) is 0. The van der Waals surface area contributed by atoms with Gasteiger partial charge in [-0.1, -0.05) is 38.8 Å². The molecular formula is C13H24. The Bertz CT molecular complexity index is 196. The van der Waals surface area contributed by atoms with Crippen LogP contribution < -0.4 is 0 Å². The molecule has 0 radical (unpaired) electrons. The van der Waals surface area contributed by atoms with Gasteiger partial charge in [0.2, 0.25) is 0 Å². The van der Waals surface area contributed by atoms with E-state index in [4.69, 9.17) is 0 Å². The standard InChI is InChI=1S/C13H24/c1-9(2)12-7-6-8-13(10(3)4)11(12)5/h9-10,12H,6-8H2,1-5H3. The highest BCUT2D eigenvalue weighted by Gasteiger charge is 2.23. The Morgan fingerprint density at radius 2 is 1.77 bits per heavy atom. The largest absolute Gasteiger partial charge is 0.0705 e. The molecule has 0 aliphatic heterocycles. The molecule has 0 heterocycles. The first-order valence-electron chi connectivity index (χ1n) is 5.73. The maximum atomic E-state index is 2.36. The summed E-state index contributed by atoms with van der Waals surface area (Å²) < 4.78 is 0. The van der Waals surface area contributed by atoms with Gasteiger partial charge in [-0.25, -0.2) is 0 Å². The molecule has 0 nitrogen and oxygen atoms in total. The van der Waals surface area contributed by atoms with Crippen LogP contribution in [-0.4, -0.2) is 0 Å². The van der Waals surface area contributed by atoms with Crippen molar-refractivity contribution < 1.29 is 0 Å². The van der Waals surface area contributed by atoms with E-state index in [1.165, 1.54) is 19.3 Å². The highest BCUT2D eigenvalue weighted by molar-refractivity contribution is 5.20. The molecular weight excluding hydrogens is 156 g/mol. The SMILES string of the molecule is CC1=C(C(C)C)CCCC1C(C)C. The van der Waals surface area contributed by atoms with Crippen LogP contribution in [0.3, 0.4) is 0 Å². The molecule has 0 bridgehead atoms. The molecule has 0 aromatic heterocycles. The first kappa shape index (κ1) is 10.8. The Hall–Kier alpha value is -0.260. The highest BCUT2D eigenvalue weighted by Crippen LogP contribution is 2.37. The van der Waals surface area contributed by atoms with E-state index in [9.17, 15) is 0 Å². The van der Waals surface area contributed by atoms with Gasteiger partial charge in [-0.15, -0.1) is 0 Å². The van der Waals surface area contributed by atoms with Gasteiger partial charge < -0.3 is 0 Å². The van der Waals surface area contributed by atoms with Gasteiger partial charge in [-0.2, -0.15) is 0 Å². The summed E-state index contributed by atoms with van der Waals surface area (Å²) in [6.07, 6.45) is 4.18. The number of hydrogen-bond acceptors (Lipinski definition) is 0. The highest BCUT2D eigenvalue weighted by atomic mass is 14.3. The molecule has 0 heteroatoms. The van der Waals surface area contributed by atoms with E-state index < -0.39 is 0 Å². The van der Waals surface area contributed by atoms with E-state index in [-0.39, 0.29) is 0 Å². The molecule has 1 rings (SSSR count). The molecule has 0 aromatic rings. The lowest BCUT2D eigenvalue weighted by Gasteiger charge is -2.31. The van der Waals surface area contributed by atoms with Gasteiger partial charge >= 0.3 is 0 Å². The molecule has 0 fully saturated rings. The van der Waals surface area contributed by atoms with Crippen molar-refractivity contribution in [1.82, 2.24) is 0 Å². The third kappa shape index (κ3) is 2.36. The molecule has 0 N–H and O–H groups in total. The number of rotatable bonds is 2. The fourth-order valence-electron chi connectivity index (χ4n) is 2.74. The maximum absolute atomic E-state index is 2.36. The third-order valence-electron chi connectivity index (χ3n) is 3.53. The quantitative estimate of drug-likeness (QED) is 0.552. The van der Waals surface area contributed by atoms with Crippen molar-refractivity contribution >= 4 is 0 Å². The predicted octanol–water partition coefficient (Wildman–Crippen LogP) is 4.42. The molecule has 0 aromatic carbocycles. The Morgan fingerprint density at radius 3 is 2.23 bits per heavy atom. The maximum Gasteiger partial charge on any atom is -0.0180 e. The first-order chi connectivity index (χ1) is 6.04. The van der Waals surface area contributed by atoms with Crippen LogP contribution in [0.15, 0.2) is 11.1 Å². The smallest absolute Gasteiger partial charge is 0.0180 e. The van der Waals surface area contributed by atoms with Gasteiger partial charge in [0.1, 0.15) is 0 Å². The Kier molecular flexibility index (Phi) is 3.58. The van der Waals surface area contributed by atoms with Crippen LogP contribution in [0.5, 0.6) is 0 Å². The fourth-order valence-corrected chi connectivity index (χ4v) is 2.74. The lowest BCUT2D eigenvalue weighted by atomic mass is 9.75. The van der Waals surface area contributed by atoms with Crippen LogP contribution in [-0.2, 0) is 0 Å². The van der Waals surface area contributed by atoms with Crippen molar-refractivity contribution in [2.75, 3.05) is 0 Å². The average molecular weight is 180 g/mol. The minimum atomic E-state index is 0.765. The van der Waals surface area contributed by atoms with Crippen LogP contribution in [0.25, 0.3) is 0 Å². The lowest BCUT2D eigenvalue weighted by Crippen LogP contribution is -2.18. The van der Waals surface area contributed by atoms with Gasteiger partial charge in [-0.3, -0.25) is 0 Å². The first-order valence-corrected chi connectivity index (χ1v) is 5.73. The Labute approximate surface area is 83.4 Å². The molecule has 13 heavy (non-hydrogen) atoms. The van der Waals surface area contributed by atoms with E-state index in [2.05, 4.69) is 34.6 Å². The normalized spacial score (nSPS) is 24.7. The van der Waals surface area contributed by atoms with Gasteiger partial charge in [-0.05, 0) is 43.9 Å². The monoisotopic (exact) mass is 180 g/mol. The molecule has 76 valence electrons. The van der Waals surface area contributed by atoms with Crippen LogP contribution in [0.1, 0.15) is 53.9 Å². The molecule has 1 aliphatic rings. The summed E-state index contributed by atoms with van der Waals surface area (Å²) in [7, 11) is 0. The second-order valence-corrected chi connectivity index (χ2v) is 5.11. The van der Waals surface area contributed by atoms with E-state index in [0.29, 0.717) is 0 Å². The topological polar surface area (TPSA) is 0 Å². The summed E-state index contributed by atoms with van der Waals surface area (Å²) in [6, 6.07) is 0. The Morgan fingerprint density at radius 1 is 1.15 bits per heavy atom. The molecule has 0 spiro atoms. The van der Waals surface area contributed by atoms with Crippen LogP contribution in [0.2, 0.25) is 0 Å². The van der Waals surface area contributed by atoms with Crippen molar-refractivity contribution in [3.63, 3.8) is 0 Å². The molecule has 1 unspecified atom stereocenters. The number of allylic oxidation sites excluding steroid dienone is 2. The zero-order valence-electron chi connectivity index (χ0n) is 9.85. The average Bonchev–Trinajstić information content (AvgIpc) is 2.03. The van der Waals surface area contributed by atoms with E-state index in [1.807, 2.05) is 0 Å². The Balaban J connectivity index is 2.85. The van der Waals surface area contributed by atoms with Gasteiger partial charge in [0.15, 0.2) is 0 Å². The van der Waals surface area contributed by atoms with E-state index in [0.717, 1.165) is 17.8 Å². The van der Waals surface area contributed by atoms with Crippen molar-refractivity contribution in [2.24, 2.45) is 17.8 Å². The van der Waals surface area contributed by atoms with Crippen LogP contribution >= 0.6 is 0 Å². The molecule has 0 saturated heterocycles. The van der Waals surface area contributed by atoms with Gasteiger partial charge in [0, 0.05) is 0 Å². The second-order valence-electron chi connectivity index (χ2n) is 5.11. The zero-order chi connectivity index (χ0) is 10.0. The van der Waals surface area contributed by atoms with Crippen LogP contribution in [0.4, 0.5) is 0 Å². The van der Waals surface area contributed by atoms with E-state index in [1.54, 1.807) is 11.1 Å². The van der Waals surface area contributed by atoms with Crippen molar-refractivity contribution in [2.45, 2.75) is 53.9 Å². The third-order valence-corrected chi connectivity index (χ3v) is 3.53. The predicted molar refractivity (Wildman–Crippen MR) is 59.7 cm³/mol. The van der Waals surface area contributed by atoms with Gasteiger partial charge in [0.25, 0.3) is 0 Å². The second kappa shape index (κ2) is 4.30. The summed E-state index contributed by atoms with van der Waals surface area (Å²) >= 11 is 0. The minimum Gasteiger partial charge on any atom is -0.0705 e. The minimum absolute atomic E-state index is 0.765.